The number of rotatable bonds is 4. The summed E-state index contributed by atoms with van der Waals surface area (Å²) >= 11 is 4.44. The van der Waals surface area contributed by atoms with Crippen molar-refractivity contribution in [2.24, 2.45) is 0 Å². The standard InChI is InChI=1S/C6H14NO4PS2.2Na.2H/c8-12(9,13)5-1-3-7-4-2-6-14(7,10)11;;;;/h1-6H2,(H2,8,9,13);;;;/q;2*+1;2*-1. The van der Waals surface area contributed by atoms with E-state index in [1.165, 1.54) is 4.31 Å². The molecule has 0 aromatic rings. The van der Waals surface area contributed by atoms with Gasteiger partial charge >= 0.3 is 59.1 Å². The number of hydrogen-bond acceptors (Lipinski definition) is 3. The monoisotopic (exact) mass is 307 g/mol. The van der Waals surface area contributed by atoms with Crippen LogP contribution < -0.4 is 59.1 Å². The molecule has 1 aliphatic heterocycles. The molecule has 1 aliphatic rings. The predicted octanol–water partition coefficient (Wildman–Crippen LogP) is -6.06. The van der Waals surface area contributed by atoms with E-state index in [1.807, 2.05) is 0 Å². The summed E-state index contributed by atoms with van der Waals surface area (Å²) in [6, 6.07) is 0. The van der Waals surface area contributed by atoms with Gasteiger partial charge in [0.2, 0.25) is 10.0 Å². The van der Waals surface area contributed by atoms with Crippen LogP contribution in [0.4, 0.5) is 0 Å². The normalized spacial score (nSPS) is 19.9. The molecule has 10 heteroatoms. The molecular formula is C6H16NNa2O4PS2. The molecule has 0 radical (unpaired) electrons. The van der Waals surface area contributed by atoms with Crippen LogP contribution >= 0.6 is 6.49 Å². The van der Waals surface area contributed by atoms with E-state index in [1.54, 1.807) is 0 Å². The van der Waals surface area contributed by atoms with Gasteiger partial charge in [-0.2, -0.15) is 0 Å². The van der Waals surface area contributed by atoms with Crippen molar-refractivity contribution in [2.75, 3.05) is 25.0 Å². The fourth-order valence-corrected chi connectivity index (χ4v) is 3.90. The molecular weight excluding hydrogens is 291 g/mol. The van der Waals surface area contributed by atoms with Crippen LogP contribution in [0.25, 0.3) is 0 Å². The molecule has 0 aromatic heterocycles. The van der Waals surface area contributed by atoms with Gasteiger partial charge in [-0.15, -0.1) is 0 Å². The van der Waals surface area contributed by atoms with E-state index < -0.39 is 16.5 Å². The van der Waals surface area contributed by atoms with E-state index in [2.05, 4.69) is 11.8 Å². The fourth-order valence-electron chi connectivity index (χ4n) is 1.40. The van der Waals surface area contributed by atoms with Crippen molar-refractivity contribution in [3.8, 4) is 0 Å². The van der Waals surface area contributed by atoms with Crippen LogP contribution in [0.5, 0.6) is 0 Å². The minimum Gasteiger partial charge on any atom is -1.00 e. The van der Waals surface area contributed by atoms with Crippen molar-refractivity contribution in [2.45, 2.75) is 12.8 Å². The zero-order chi connectivity index (χ0) is 10.8. The molecule has 0 bridgehead atoms. The molecule has 0 aliphatic carbocycles. The number of hydrogen-bond donors (Lipinski definition) is 2. The van der Waals surface area contributed by atoms with Crippen LogP contribution in [0.2, 0.25) is 0 Å². The minimum absolute atomic E-state index is 0. The Bertz CT molecular complexity index is 353. The molecule has 1 rings (SSSR count). The summed E-state index contributed by atoms with van der Waals surface area (Å²) in [6.45, 7) is -2.26. The Kier molecular flexibility index (Phi) is 11.2. The van der Waals surface area contributed by atoms with Crippen LogP contribution in [0.15, 0.2) is 0 Å². The van der Waals surface area contributed by atoms with E-state index in [0.717, 1.165) is 0 Å². The third-order valence-electron chi connectivity index (χ3n) is 2.06. The van der Waals surface area contributed by atoms with Gasteiger partial charge in [0.25, 0.3) is 0 Å². The number of sulfonamides is 1. The maximum atomic E-state index is 11.3. The molecule has 88 valence electrons. The maximum absolute atomic E-state index is 11.3. The molecule has 0 saturated carbocycles. The Hall–Kier alpha value is 2.48. The van der Waals surface area contributed by atoms with Crippen molar-refractivity contribution >= 4 is 28.3 Å². The third-order valence-corrected chi connectivity index (χ3v) is 5.46. The van der Waals surface area contributed by atoms with E-state index in [-0.39, 0.29) is 73.9 Å². The summed E-state index contributed by atoms with van der Waals surface area (Å²) in [7, 11) is -3.06. The third kappa shape index (κ3) is 7.81. The average Bonchev–Trinajstić information content (AvgIpc) is 2.28. The van der Waals surface area contributed by atoms with Crippen LogP contribution in [0.1, 0.15) is 15.7 Å². The molecule has 2 N–H and O–H groups in total. The topological polar surface area (TPSA) is 77.8 Å². The molecule has 5 nitrogen and oxygen atoms in total. The quantitative estimate of drug-likeness (QED) is 0.399. The Balaban J connectivity index is -0.000000245. The van der Waals surface area contributed by atoms with Crippen LogP contribution in [-0.4, -0.2) is 47.5 Å². The fraction of sp³-hybridized carbons (Fsp3) is 1.00. The van der Waals surface area contributed by atoms with Crippen molar-refractivity contribution in [3.63, 3.8) is 0 Å². The van der Waals surface area contributed by atoms with Crippen LogP contribution in [-0.2, 0) is 21.8 Å². The second kappa shape index (κ2) is 8.61. The second-order valence-electron chi connectivity index (χ2n) is 3.31. The van der Waals surface area contributed by atoms with Gasteiger partial charge in [0.05, 0.1) is 5.75 Å². The number of nitrogens with zero attached hydrogens (tertiary/aromatic N) is 1. The first-order chi connectivity index (χ1) is 6.31. The van der Waals surface area contributed by atoms with Crippen LogP contribution in [0, 0.1) is 0 Å². The van der Waals surface area contributed by atoms with E-state index >= 15 is 0 Å². The molecule has 1 saturated heterocycles. The molecule has 1 heterocycles. The van der Waals surface area contributed by atoms with Gasteiger partial charge in [-0.25, -0.2) is 12.7 Å². The molecule has 0 amide bonds. The molecule has 0 unspecified atom stereocenters. The zero-order valence-corrected chi connectivity index (χ0v) is 16.2. The molecule has 16 heavy (non-hydrogen) atoms. The summed E-state index contributed by atoms with van der Waals surface area (Å²) in [5.74, 6) is 0.208. The van der Waals surface area contributed by atoms with Gasteiger partial charge in [0.15, 0.2) is 6.49 Å². The Morgan fingerprint density at radius 3 is 2.31 bits per heavy atom. The Morgan fingerprint density at radius 2 is 1.94 bits per heavy atom. The summed E-state index contributed by atoms with van der Waals surface area (Å²) in [6.07, 6.45) is 1.20. The van der Waals surface area contributed by atoms with Gasteiger partial charge in [-0.1, -0.05) is 0 Å². The van der Waals surface area contributed by atoms with Crippen molar-refractivity contribution in [1.29, 1.82) is 0 Å². The molecule has 0 spiro atoms. The van der Waals surface area contributed by atoms with Gasteiger partial charge in [-0.3, -0.25) is 0 Å². The van der Waals surface area contributed by atoms with Crippen molar-refractivity contribution in [1.82, 2.24) is 4.31 Å². The van der Waals surface area contributed by atoms with Gasteiger partial charge in [0, 0.05) is 19.3 Å². The Labute approximate surface area is 149 Å². The molecule has 0 aromatic carbocycles. The van der Waals surface area contributed by atoms with E-state index in [9.17, 15) is 8.42 Å². The van der Waals surface area contributed by atoms with E-state index in [0.29, 0.717) is 25.9 Å². The van der Waals surface area contributed by atoms with Crippen molar-refractivity contribution in [3.05, 3.63) is 0 Å². The first kappa shape index (κ1) is 20.8. The summed E-state index contributed by atoms with van der Waals surface area (Å²) in [4.78, 5) is 17.9. The molecule has 0 atom stereocenters. The van der Waals surface area contributed by atoms with E-state index in [4.69, 9.17) is 9.79 Å². The van der Waals surface area contributed by atoms with Crippen molar-refractivity contribution < 1.29 is 80.2 Å². The summed E-state index contributed by atoms with van der Waals surface area (Å²) in [5, 5.41) is 0. The predicted molar refractivity (Wildman–Crippen MR) is 60.4 cm³/mol. The molecule has 1 fully saturated rings. The largest absolute Gasteiger partial charge is 1.00 e. The SMILES string of the molecule is O=S1(=O)CCCN1CCCP(O)(O)=S.[H-].[H-].[Na+].[Na+]. The first-order valence-electron chi connectivity index (χ1n) is 4.34. The van der Waals surface area contributed by atoms with Crippen LogP contribution in [0.3, 0.4) is 0 Å². The maximum Gasteiger partial charge on any atom is 1.00 e. The van der Waals surface area contributed by atoms with Gasteiger partial charge < -0.3 is 12.6 Å². The van der Waals surface area contributed by atoms with Gasteiger partial charge in [0.1, 0.15) is 0 Å². The average molecular weight is 307 g/mol. The summed E-state index contributed by atoms with van der Waals surface area (Å²) < 4.78 is 24.0. The second-order valence-corrected chi connectivity index (χ2v) is 8.93. The Morgan fingerprint density at radius 1 is 1.38 bits per heavy atom. The van der Waals surface area contributed by atoms with Gasteiger partial charge in [-0.05, 0) is 24.6 Å². The minimum atomic E-state index is -3.15. The summed E-state index contributed by atoms with van der Waals surface area (Å²) in [5.41, 5.74) is 0. The smallest absolute Gasteiger partial charge is 1.00 e. The zero-order valence-electron chi connectivity index (χ0n) is 11.7. The first-order valence-corrected chi connectivity index (χ1v) is 8.84.